The highest BCUT2D eigenvalue weighted by molar-refractivity contribution is 6.04. The highest BCUT2D eigenvalue weighted by Crippen LogP contribution is 2.33. The highest BCUT2D eigenvalue weighted by Gasteiger charge is 2.45. The fraction of sp³-hybridized carbons (Fsp3) is 0.281. The van der Waals surface area contributed by atoms with Crippen LogP contribution in [0.1, 0.15) is 35.3 Å². The van der Waals surface area contributed by atoms with E-state index in [1.54, 1.807) is 111 Å². The van der Waals surface area contributed by atoms with Gasteiger partial charge in [-0.3, -0.25) is 24.1 Å². The van der Waals surface area contributed by atoms with Crippen molar-refractivity contribution in [2.24, 2.45) is 13.0 Å². The van der Waals surface area contributed by atoms with Crippen molar-refractivity contribution in [3.05, 3.63) is 108 Å². The third-order valence-corrected chi connectivity index (χ3v) is 7.10. The number of benzene rings is 2. The summed E-state index contributed by atoms with van der Waals surface area (Å²) in [6, 6.07) is 18.2. The van der Waals surface area contributed by atoms with E-state index >= 15 is 0 Å². The van der Waals surface area contributed by atoms with E-state index in [4.69, 9.17) is 0 Å². The summed E-state index contributed by atoms with van der Waals surface area (Å²) >= 11 is 0. The Morgan fingerprint density at radius 2 is 1.50 bits per heavy atom. The summed E-state index contributed by atoms with van der Waals surface area (Å²) < 4.78 is 40.6. The van der Waals surface area contributed by atoms with E-state index in [1.807, 2.05) is 0 Å². The van der Waals surface area contributed by atoms with Crippen LogP contribution in [0.5, 0.6) is 0 Å². The Morgan fingerprint density at radius 1 is 0.932 bits per heavy atom. The summed E-state index contributed by atoms with van der Waals surface area (Å²) in [6.07, 6.45) is -0.254. The first-order chi connectivity index (χ1) is 20.4. The number of nitrogens with one attached hydrogen (secondary N) is 1. The van der Waals surface area contributed by atoms with Crippen LogP contribution < -0.4 is 33.9 Å². The lowest BCUT2D eigenvalue weighted by atomic mass is 9.93. The molecule has 8 nitrogen and oxygen atoms in total. The number of rotatable bonds is 9. The Bertz CT molecular complexity index is 1510. The molecule has 2 atom stereocenters. The second-order valence-electron chi connectivity index (χ2n) is 10.6. The predicted molar refractivity (Wildman–Crippen MR) is 152 cm³/mol. The molecule has 0 spiro atoms. The van der Waals surface area contributed by atoms with Crippen LogP contribution in [0, 0.1) is 5.92 Å². The maximum absolute atomic E-state index is 14.4. The van der Waals surface area contributed by atoms with Gasteiger partial charge in [0, 0.05) is 24.8 Å². The molecule has 1 aromatic heterocycles. The standard InChI is InChI=1S/C32H31F3N4O4.HI/c1-21(2)28-31(43)39(25(18-22-10-6-4-7-11-22)29(41)36-19-27(40)32(33,34)35)26(23-12-8-5-9-13-23)20-38(28)30(42)24-14-16-37(3)17-15-24;/h4-17,20-21,25,28H,18-19H2,1-3H3;1H. The Balaban J connectivity index is 0.00000529. The third kappa shape index (κ3) is 7.90. The molecule has 1 aliphatic rings. The predicted octanol–water partition coefficient (Wildman–Crippen LogP) is 0.682. The van der Waals surface area contributed by atoms with Crippen molar-refractivity contribution in [2.45, 2.75) is 38.5 Å². The van der Waals surface area contributed by atoms with Crippen LogP contribution in [0.4, 0.5) is 13.2 Å². The zero-order valence-electron chi connectivity index (χ0n) is 24.3. The summed E-state index contributed by atoms with van der Waals surface area (Å²) in [5.74, 6) is -4.46. The quantitative estimate of drug-likeness (QED) is 0.261. The van der Waals surface area contributed by atoms with Gasteiger partial charge in [0.05, 0.1) is 17.8 Å². The number of aromatic nitrogens is 1. The molecule has 44 heavy (non-hydrogen) atoms. The molecule has 3 amide bonds. The molecular formula is C32H32F3IN4O4. The second-order valence-corrected chi connectivity index (χ2v) is 10.6. The van der Waals surface area contributed by atoms with Crippen molar-refractivity contribution in [3.63, 3.8) is 0 Å². The average Bonchev–Trinajstić information content (AvgIpc) is 2.98. The first-order valence-electron chi connectivity index (χ1n) is 13.7. The van der Waals surface area contributed by atoms with E-state index in [0.717, 1.165) is 0 Å². The molecule has 0 radical (unpaired) electrons. The molecule has 12 heteroatoms. The minimum Gasteiger partial charge on any atom is -1.00 e. The van der Waals surface area contributed by atoms with Crippen molar-refractivity contribution in [3.8, 4) is 0 Å². The van der Waals surface area contributed by atoms with Gasteiger partial charge in [-0.2, -0.15) is 13.2 Å². The molecule has 3 aromatic rings. The number of hydrogen-bond acceptors (Lipinski definition) is 4. The van der Waals surface area contributed by atoms with Gasteiger partial charge in [0.2, 0.25) is 5.91 Å². The van der Waals surface area contributed by atoms with Crippen LogP contribution in [0.15, 0.2) is 91.4 Å². The van der Waals surface area contributed by atoms with Gasteiger partial charge in [-0.15, -0.1) is 0 Å². The lowest BCUT2D eigenvalue weighted by molar-refractivity contribution is -0.671. The number of carbonyl (C=O) groups excluding carboxylic acids is 4. The molecule has 0 fully saturated rings. The lowest BCUT2D eigenvalue weighted by Gasteiger charge is -2.44. The summed E-state index contributed by atoms with van der Waals surface area (Å²) in [5.41, 5.74) is 1.71. The zero-order valence-corrected chi connectivity index (χ0v) is 26.5. The van der Waals surface area contributed by atoms with Gasteiger partial charge in [0.15, 0.2) is 12.4 Å². The highest BCUT2D eigenvalue weighted by atomic mass is 127. The zero-order chi connectivity index (χ0) is 31.3. The van der Waals surface area contributed by atoms with Crippen LogP contribution in [0.25, 0.3) is 5.70 Å². The molecule has 2 aromatic carbocycles. The van der Waals surface area contributed by atoms with Gasteiger partial charge in [-0.25, -0.2) is 4.57 Å². The minimum atomic E-state index is -5.13. The normalized spacial score (nSPS) is 15.8. The number of pyridine rings is 1. The van der Waals surface area contributed by atoms with E-state index in [-0.39, 0.29) is 36.1 Å². The monoisotopic (exact) mass is 720 g/mol. The third-order valence-electron chi connectivity index (χ3n) is 7.10. The largest absolute Gasteiger partial charge is 1.00 e. The Morgan fingerprint density at radius 3 is 2.05 bits per heavy atom. The molecule has 0 saturated heterocycles. The van der Waals surface area contributed by atoms with Gasteiger partial charge in [0.1, 0.15) is 19.1 Å². The molecule has 4 rings (SSSR count). The number of amides is 3. The van der Waals surface area contributed by atoms with Crippen molar-refractivity contribution in [1.82, 2.24) is 15.1 Å². The summed E-state index contributed by atoms with van der Waals surface area (Å²) in [5, 5.41) is 2.10. The lowest BCUT2D eigenvalue weighted by Crippen LogP contribution is -3.00. The average molecular weight is 721 g/mol. The summed E-state index contributed by atoms with van der Waals surface area (Å²) in [4.78, 5) is 56.1. The van der Waals surface area contributed by atoms with Crippen molar-refractivity contribution >= 4 is 29.2 Å². The first-order valence-corrected chi connectivity index (χ1v) is 13.7. The van der Waals surface area contributed by atoms with Crippen molar-refractivity contribution in [2.75, 3.05) is 6.54 Å². The second kappa shape index (κ2) is 14.6. The van der Waals surface area contributed by atoms with E-state index in [0.29, 0.717) is 16.7 Å². The maximum atomic E-state index is 14.4. The molecule has 2 unspecified atom stereocenters. The van der Waals surface area contributed by atoms with Gasteiger partial charge >= 0.3 is 6.18 Å². The van der Waals surface area contributed by atoms with Gasteiger partial charge < -0.3 is 34.2 Å². The van der Waals surface area contributed by atoms with Crippen LogP contribution in [0.3, 0.4) is 0 Å². The fourth-order valence-electron chi connectivity index (χ4n) is 4.91. The van der Waals surface area contributed by atoms with Gasteiger partial charge in [-0.1, -0.05) is 74.5 Å². The maximum Gasteiger partial charge on any atom is 0.451 e. The molecule has 0 saturated carbocycles. The van der Waals surface area contributed by atoms with Crippen molar-refractivity contribution < 1.29 is 60.9 Å². The Labute approximate surface area is 270 Å². The van der Waals surface area contributed by atoms with Gasteiger partial charge in [0.25, 0.3) is 17.6 Å². The van der Waals surface area contributed by atoms with Crippen LogP contribution in [-0.2, 0) is 27.9 Å². The fourth-order valence-corrected chi connectivity index (χ4v) is 4.91. The SMILES string of the molecule is CC(C)C1C(=O)N(C(Cc2ccccc2)C(=O)NCC(=O)C(F)(F)F)C(c2ccccc2)=CN1C(=O)c1cc[n+](C)cc1.[I-]. The molecule has 0 aliphatic carbocycles. The molecule has 1 N–H and O–H groups in total. The smallest absolute Gasteiger partial charge is 0.451 e. The topological polar surface area (TPSA) is 90.7 Å². The number of carbonyl (C=O) groups is 4. The van der Waals surface area contributed by atoms with Crippen LogP contribution in [-0.4, -0.2) is 58.1 Å². The Hall–Kier alpha value is -4.07. The summed E-state index contributed by atoms with van der Waals surface area (Å²) in [6.45, 7) is 2.26. The minimum absolute atomic E-state index is 0. The number of alkyl halides is 3. The molecule has 1 aliphatic heterocycles. The summed E-state index contributed by atoms with van der Waals surface area (Å²) in [7, 11) is 1.81. The van der Waals surface area contributed by atoms with E-state index in [2.05, 4.69) is 5.32 Å². The number of halogens is 4. The molecule has 232 valence electrons. The number of hydrogen-bond donors (Lipinski definition) is 1. The van der Waals surface area contributed by atoms with E-state index < -0.39 is 54.2 Å². The van der Waals surface area contributed by atoms with Crippen LogP contribution >= 0.6 is 0 Å². The number of ketones is 1. The molecule has 2 heterocycles. The van der Waals surface area contributed by atoms with Crippen LogP contribution in [0.2, 0.25) is 0 Å². The number of nitrogens with zero attached hydrogens (tertiary/aromatic N) is 3. The molecule has 0 bridgehead atoms. The Kier molecular flexibility index (Phi) is 11.4. The van der Waals surface area contributed by atoms with Crippen molar-refractivity contribution in [1.29, 1.82) is 0 Å². The number of aryl methyl sites for hydroxylation is 1. The first kappa shape index (κ1) is 34.4. The van der Waals surface area contributed by atoms with E-state index in [9.17, 15) is 32.3 Å². The van der Waals surface area contributed by atoms with Gasteiger partial charge in [-0.05, 0) is 17.0 Å². The molecular weight excluding hydrogens is 688 g/mol. The number of Topliss-reactive ketones (excluding diaryl/α,β-unsaturated/α-hetero) is 1. The van der Waals surface area contributed by atoms with E-state index in [1.165, 1.54) is 16.0 Å².